The van der Waals surface area contributed by atoms with Gasteiger partial charge in [-0.2, -0.15) is 0 Å². The van der Waals surface area contributed by atoms with Crippen LogP contribution in [-0.4, -0.2) is 645 Å². The molecule has 0 aliphatic carbocycles. The zero-order chi connectivity index (χ0) is 28.6. The van der Waals surface area contributed by atoms with Crippen LogP contribution >= 0.6 is 0 Å². The van der Waals surface area contributed by atoms with Gasteiger partial charge in [-0.1, -0.05) is 0 Å². The summed E-state index contributed by atoms with van der Waals surface area (Å²) in [6, 6.07) is 0. The van der Waals surface area contributed by atoms with Gasteiger partial charge in [0, 0.05) is 0 Å². The second-order valence-electron chi connectivity index (χ2n) is 2.31. The van der Waals surface area contributed by atoms with Crippen LogP contribution in [0.15, 0.2) is 0 Å². The van der Waals surface area contributed by atoms with Gasteiger partial charge in [0.1, 0.15) is 0 Å². The molecule has 24 nitrogen and oxygen atoms in total. The van der Waals surface area contributed by atoms with E-state index in [2.05, 4.69) is 0 Å². The van der Waals surface area contributed by atoms with Gasteiger partial charge in [-0.3, -0.25) is 58.6 Å². The van der Waals surface area contributed by atoms with Crippen molar-refractivity contribution in [1.29, 1.82) is 0 Å². The third kappa shape index (κ3) is 629. The number of hydrogen-bond donors (Lipinski definition) is 0. The summed E-state index contributed by atoms with van der Waals surface area (Å²) in [5.74, 6) is 0. The zero-order valence-electron chi connectivity index (χ0n) is 22.9. The fourth-order valence-electron chi connectivity index (χ4n) is 0. The summed E-state index contributed by atoms with van der Waals surface area (Å²) in [6.07, 6.45) is 0. The molecule has 0 atom stereocenters. The maximum atomic E-state index is 8.42. The first-order chi connectivity index (χ1) is 13.9. The van der Waals surface area contributed by atoms with E-state index in [0.29, 0.717) is 0 Å². The van der Waals surface area contributed by atoms with Crippen molar-refractivity contribution in [1.82, 2.24) is 0 Å². The second-order valence-corrected chi connectivity index (χ2v) is 2.31. The Labute approximate surface area is 739 Å². The molecule has 0 spiro atoms. The van der Waals surface area contributed by atoms with E-state index in [4.69, 9.17) is 121 Å². The number of hydrogen-bond acceptors (Lipinski definition) is 24. The Hall–Kier alpha value is 18.4. The van der Waals surface area contributed by atoms with Crippen molar-refractivity contribution < 1.29 is 121 Å². The van der Waals surface area contributed by atoms with Crippen molar-refractivity contribution in [2.45, 2.75) is 0 Å². The average molecular weight is 2120 g/mol. The van der Waals surface area contributed by atoms with E-state index < -0.39 is 58.6 Å². The molecule has 0 fully saturated rings. The first-order valence-corrected chi connectivity index (χ1v) is 5.66. The fraction of sp³-hybridized carbons (Fsp3) is 0. The Morgan fingerprint density at radius 3 is 0.114 bits per heavy atom. The molecule has 44 heteroatoms. The molecule has 44 heavy (non-hydrogen) atoms. The van der Waals surface area contributed by atoms with Crippen molar-refractivity contribution in [3.05, 3.63) is 0 Å². The van der Waals surface area contributed by atoms with Crippen LogP contribution in [0, 0.1) is 0 Å². The van der Waals surface area contributed by atoms with Gasteiger partial charge in [0.25, 0.3) is 0 Å². The molecule has 0 aliphatic rings. The maximum Gasteiger partial charge on any atom is 2.00 e. The third-order valence-electron chi connectivity index (χ3n) is 0. The van der Waals surface area contributed by atoms with Gasteiger partial charge in [0.2, 0.25) is 0 Å². The van der Waals surface area contributed by atoms with E-state index in [1.165, 1.54) is 0 Å². The van der Waals surface area contributed by atoms with Gasteiger partial charge in [-0.15, -0.1) is 0 Å². The minimum atomic E-state index is -2.92. The summed E-state index contributed by atoms with van der Waals surface area (Å²) in [6.45, 7) is 0. The molecule has 0 aromatic carbocycles. The van der Waals surface area contributed by atoms with Crippen LogP contribution in [-0.2, 0) is 0 Å². The Kier molecular flexibility index (Phi) is 371. The molecule has 0 rings (SSSR count). The van der Waals surface area contributed by atoms with Crippen molar-refractivity contribution in [3.63, 3.8) is 0 Å². The van der Waals surface area contributed by atoms with Gasteiger partial charge >= 0.3 is 587 Å². The summed E-state index contributed by atoms with van der Waals surface area (Å²) in [4.78, 5) is 0. The largest absolute Gasteiger partial charge is 2.00 e. The molecule has 0 amide bonds. The smallest absolute Gasteiger partial charge is 0.907 e. The summed E-state index contributed by atoms with van der Waals surface area (Å²) >= 11 is 0. The van der Waals surface area contributed by atoms with Crippen LogP contribution in [0.25, 0.3) is 0 Å². The molecule has 0 N–H and O–H groups in total. The van der Waals surface area contributed by atoms with Crippen molar-refractivity contribution in [2.24, 2.45) is 0 Å². The number of rotatable bonds is 0. The monoisotopic (exact) mass is 2130 g/mol. The minimum absolute atomic E-state index is 0. The molecule has 0 saturated heterocycles. The van der Waals surface area contributed by atoms with Crippen LogP contribution in [0.4, 0.5) is 0 Å². The van der Waals surface area contributed by atoms with Crippen molar-refractivity contribution in [2.75, 3.05) is 0 Å². The van der Waals surface area contributed by atoms with Gasteiger partial charge < -0.3 is 121 Å². The van der Waals surface area contributed by atoms with Crippen LogP contribution in [0.3, 0.4) is 0 Å². The Bertz CT molecular complexity index is 173. The standard InChI is InChI=1S/8BO3.12Ba/c8*2-1(3)4;;;;;;;;;;;;/q8*-3;12*+2. The van der Waals surface area contributed by atoms with Crippen LogP contribution in [0.2, 0.25) is 0 Å². The van der Waals surface area contributed by atoms with Crippen LogP contribution < -0.4 is 121 Å². The fourth-order valence-corrected chi connectivity index (χ4v) is 0. The molecule has 0 unspecified atom stereocenters. The van der Waals surface area contributed by atoms with E-state index in [-0.39, 0.29) is 587 Å². The molecule has 0 aromatic rings. The molecular weight excluding hydrogens is 2120 g/mol. The van der Waals surface area contributed by atoms with E-state index in [0.717, 1.165) is 0 Å². The topological polar surface area (TPSA) is 553 Å². The van der Waals surface area contributed by atoms with Gasteiger partial charge in [-0.25, -0.2) is 0 Å². The Balaban J connectivity index is -0.00000000800. The zero-order valence-corrected chi connectivity index (χ0v) is 76.2. The molecule has 0 aliphatic heterocycles. The van der Waals surface area contributed by atoms with Crippen LogP contribution in [0.5, 0.6) is 0 Å². The molecule has 0 bridgehead atoms. The Morgan fingerprint density at radius 1 is 0.114 bits per heavy atom. The maximum absolute atomic E-state index is 8.42. The average Bonchev–Trinajstić information content (AvgIpc) is 2.30. The predicted octanol–water partition coefficient (Wildman–Crippen LogP) is -36.2. The molecule has 0 saturated carbocycles. The summed E-state index contributed by atoms with van der Waals surface area (Å²) < 4.78 is 0. The second kappa shape index (κ2) is 125. The van der Waals surface area contributed by atoms with Crippen molar-refractivity contribution in [3.8, 4) is 0 Å². The van der Waals surface area contributed by atoms with Crippen molar-refractivity contribution >= 4 is 645 Å². The molecule has 0 radical (unpaired) electrons. The summed E-state index contributed by atoms with van der Waals surface area (Å²) in [7, 11) is -23.3. The third-order valence-corrected chi connectivity index (χ3v) is 0. The van der Waals surface area contributed by atoms with E-state index in [1.807, 2.05) is 0 Å². The quantitative estimate of drug-likeness (QED) is 0.203. The van der Waals surface area contributed by atoms with E-state index >= 15 is 0 Å². The SMILES string of the molecule is [Ba+2].[Ba+2].[Ba+2].[Ba+2].[Ba+2].[Ba+2].[Ba+2].[Ba+2].[Ba+2].[Ba+2].[Ba+2].[Ba+2].[O-]B([O-])[O-].[O-]B([O-])[O-].[O-]B([O-])[O-].[O-]B([O-])[O-].[O-]B([O-])[O-].[O-]B([O-])[O-].[O-]B([O-])[O-].[O-]B([O-])[O-]. The molecule has 0 aromatic heterocycles. The van der Waals surface area contributed by atoms with E-state index in [1.54, 1.807) is 0 Å². The van der Waals surface area contributed by atoms with E-state index in [9.17, 15) is 0 Å². The molecule has 0 heterocycles. The summed E-state index contributed by atoms with van der Waals surface area (Å²) in [5.41, 5.74) is 0. The van der Waals surface area contributed by atoms with Gasteiger partial charge in [0.05, 0.1) is 0 Å². The molecule has 192 valence electrons. The van der Waals surface area contributed by atoms with Crippen LogP contribution in [0.1, 0.15) is 0 Å². The van der Waals surface area contributed by atoms with Gasteiger partial charge in [0.15, 0.2) is 0 Å². The first-order valence-electron chi connectivity index (χ1n) is 5.66. The minimum Gasteiger partial charge on any atom is -0.907 e. The molecular formula is B8Ba12O24. The normalized spacial score (nSPS) is 4.91. The summed E-state index contributed by atoms with van der Waals surface area (Å²) in [5, 5.41) is 202. The predicted molar refractivity (Wildman–Crippen MR) is 115 cm³/mol. The Morgan fingerprint density at radius 2 is 0.114 bits per heavy atom. The van der Waals surface area contributed by atoms with Gasteiger partial charge in [-0.05, 0) is 0 Å². The first kappa shape index (κ1) is 131.